The van der Waals surface area contributed by atoms with E-state index in [1.54, 1.807) is 24.5 Å². The summed E-state index contributed by atoms with van der Waals surface area (Å²) in [6.45, 7) is 2.23. The van der Waals surface area contributed by atoms with Crippen molar-refractivity contribution >= 4 is 6.03 Å². The molecule has 0 bridgehead atoms. The van der Waals surface area contributed by atoms with Gasteiger partial charge in [-0.3, -0.25) is 0 Å². The first-order valence-electron chi connectivity index (χ1n) is 7.86. The standard InChI is InChI=1S/C18H24N2O3/c1-22-13-11-20(14-17-9-12-23-15-17)18(21)19-10-5-8-16-6-3-2-4-7-16/h2-4,6-7,9,12,15H,5,8,10-11,13-14H2,1H3,(H,19,21). The van der Waals surface area contributed by atoms with E-state index in [-0.39, 0.29) is 6.03 Å². The van der Waals surface area contributed by atoms with Gasteiger partial charge in [-0.2, -0.15) is 0 Å². The van der Waals surface area contributed by atoms with E-state index in [0.717, 1.165) is 18.4 Å². The number of nitrogens with one attached hydrogen (secondary N) is 1. The lowest BCUT2D eigenvalue weighted by atomic mass is 10.1. The number of nitrogens with zero attached hydrogens (tertiary/aromatic N) is 1. The Balaban J connectivity index is 1.75. The van der Waals surface area contributed by atoms with E-state index < -0.39 is 0 Å². The molecule has 1 N–H and O–H groups in total. The molecule has 0 atom stereocenters. The predicted molar refractivity (Wildman–Crippen MR) is 89.2 cm³/mol. The molecular weight excluding hydrogens is 292 g/mol. The van der Waals surface area contributed by atoms with Crippen LogP contribution in [0.1, 0.15) is 17.5 Å². The summed E-state index contributed by atoms with van der Waals surface area (Å²) in [5.74, 6) is 0. The molecular formula is C18H24N2O3. The maximum absolute atomic E-state index is 12.3. The van der Waals surface area contributed by atoms with Crippen LogP contribution in [-0.2, 0) is 17.7 Å². The third kappa shape index (κ3) is 6.16. The van der Waals surface area contributed by atoms with Crippen molar-refractivity contribution in [3.05, 3.63) is 60.1 Å². The van der Waals surface area contributed by atoms with Crippen LogP contribution in [0.4, 0.5) is 4.79 Å². The molecule has 0 fully saturated rings. The molecule has 0 spiro atoms. The van der Waals surface area contributed by atoms with Crippen molar-refractivity contribution in [2.75, 3.05) is 26.8 Å². The van der Waals surface area contributed by atoms with Gasteiger partial charge in [-0.15, -0.1) is 0 Å². The van der Waals surface area contributed by atoms with Crippen LogP contribution in [-0.4, -0.2) is 37.7 Å². The molecule has 5 nitrogen and oxygen atoms in total. The molecule has 0 saturated heterocycles. The van der Waals surface area contributed by atoms with Crippen LogP contribution in [0, 0.1) is 0 Å². The van der Waals surface area contributed by atoms with E-state index in [9.17, 15) is 4.79 Å². The van der Waals surface area contributed by atoms with Gasteiger partial charge in [0.25, 0.3) is 0 Å². The number of aryl methyl sites for hydroxylation is 1. The average molecular weight is 316 g/mol. The second-order valence-electron chi connectivity index (χ2n) is 5.37. The molecule has 5 heteroatoms. The smallest absolute Gasteiger partial charge is 0.317 e. The molecule has 0 unspecified atom stereocenters. The summed E-state index contributed by atoms with van der Waals surface area (Å²) in [6, 6.07) is 12.1. The second kappa shape index (κ2) is 9.69. The number of amides is 2. The number of carbonyl (C=O) groups is 1. The van der Waals surface area contributed by atoms with Gasteiger partial charge < -0.3 is 19.4 Å². The van der Waals surface area contributed by atoms with Crippen molar-refractivity contribution in [2.24, 2.45) is 0 Å². The third-order valence-corrected chi connectivity index (χ3v) is 3.57. The van der Waals surface area contributed by atoms with Crippen LogP contribution in [0.5, 0.6) is 0 Å². The molecule has 1 heterocycles. The number of hydrogen-bond acceptors (Lipinski definition) is 3. The second-order valence-corrected chi connectivity index (χ2v) is 5.37. The number of methoxy groups -OCH3 is 1. The van der Waals surface area contributed by atoms with Crippen molar-refractivity contribution in [3.8, 4) is 0 Å². The summed E-state index contributed by atoms with van der Waals surface area (Å²) >= 11 is 0. The Morgan fingerprint density at radius 2 is 2.04 bits per heavy atom. The van der Waals surface area contributed by atoms with Crippen molar-refractivity contribution in [1.29, 1.82) is 0 Å². The normalized spacial score (nSPS) is 10.5. The van der Waals surface area contributed by atoms with Gasteiger partial charge in [-0.25, -0.2) is 4.79 Å². The van der Waals surface area contributed by atoms with Gasteiger partial charge in [0, 0.05) is 25.8 Å². The largest absolute Gasteiger partial charge is 0.472 e. The molecule has 23 heavy (non-hydrogen) atoms. The molecule has 1 aromatic heterocycles. The first-order valence-corrected chi connectivity index (χ1v) is 7.86. The highest BCUT2D eigenvalue weighted by molar-refractivity contribution is 5.74. The summed E-state index contributed by atoms with van der Waals surface area (Å²) in [4.78, 5) is 14.0. The predicted octanol–water partition coefficient (Wildman–Crippen LogP) is 3.07. The van der Waals surface area contributed by atoms with Crippen LogP contribution < -0.4 is 5.32 Å². The van der Waals surface area contributed by atoms with E-state index in [2.05, 4.69) is 17.4 Å². The van der Waals surface area contributed by atoms with E-state index >= 15 is 0 Å². The molecule has 0 aliphatic rings. The van der Waals surface area contributed by atoms with Crippen LogP contribution >= 0.6 is 0 Å². The maximum Gasteiger partial charge on any atom is 0.317 e. The van der Waals surface area contributed by atoms with Gasteiger partial charge in [-0.05, 0) is 24.5 Å². The monoisotopic (exact) mass is 316 g/mol. The summed E-state index contributed by atoms with van der Waals surface area (Å²) in [5, 5.41) is 2.98. The number of rotatable bonds is 9. The average Bonchev–Trinajstić information content (AvgIpc) is 3.09. The molecule has 2 rings (SSSR count). The van der Waals surface area contributed by atoms with Crippen LogP contribution in [0.2, 0.25) is 0 Å². The van der Waals surface area contributed by atoms with E-state index in [1.807, 2.05) is 24.3 Å². The minimum Gasteiger partial charge on any atom is -0.472 e. The van der Waals surface area contributed by atoms with Gasteiger partial charge >= 0.3 is 6.03 Å². The minimum absolute atomic E-state index is 0.0729. The zero-order valence-electron chi connectivity index (χ0n) is 13.5. The highest BCUT2D eigenvalue weighted by Gasteiger charge is 2.13. The van der Waals surface area contributed by atoms with Crippen molar-refractivity contribution < 1.29 is 13.9 Å². The summed E-state index contributed by atoms with van der Waals surface area (Å²) in [6.07, 6.45) is 5.14. The highest BCUT2D eigenvalue weighted by Crippen LogP contribution is 2.06. The van der Waals surface area contributed by atoms with Gasteiger partial charge in [0.15, 0.2) is 0 Å². The lowest BCUT2D eigenvalue weighted by Crippen LogP contribution is -2.41. The molecule has 0 aliphatic carbocycles. The first-order chi connectivity index (χ1) is 11.3. The Bertz CT molecular complexity index is 555. The fourth-order valence-corrected chi connectivity index (χ4v) is 2.30. The highest BCUT2D eigenvalue weighted by atomic mass is 16.5. The molecule has 0 saturated carbocycles. The fraction of sp³-hybridized carbons (Fsp3) is 0.389. The van der Waals surface area contributed by atoms with Gasteiger partial charge in [-0.1, -0.05) is 30.3 Å². The van der Waals surface area contributed by atoms with Crippen molar-refractivity contribution in [3.63, 3.8) is 0 Å². The van der Waals surface area contributed by atoms with Gasteiger partial charge in [0.2, 0.25) is 0 Å². The summed E-state index contributed by atoms with van der Waals surface area (Å²) in [5.41, 5.74) is 2.26. The maximum atomic E-state index is 12.3. The molecule has 2 amide bonds. The van der Waals surface area contributed by atoms with Crippen molar-refractivity contribution in [1.82, 2.24) is 10.2 Å². The third-order valence-electron chi connectivity index (χ3n) is 3.57. The molecule has 2 aromatic rings. The SMILES string of the molecule is COCCN(Cc1ccoc1)C(=O)NCCCc1ccccc1. The lowest BCUT2D eigenvalue weighted by molar-refractivity contribution is 0.146. The summed E-state index contributed by atoms with van der Waals surface area (Å²) in [7, 11) is 1.63. The van der Waals surface area contributed by atoms with E-state index in [1.165, 1.54) is 5.56 Å². The van der Waals surface area contributed by atoms with Crippen LogP contribution in [0.25, 0.3) is 0 Å². The number of benzene rings is 1. The Morgan fingerprint density at radius 3 is 2.74 bits per heavy atom. The van der Waals surface area contributed by atoms with Crippen molar-refractivity contribution in [2.45, 2.75) is 19.4 Å². The Labute approximate surface area is 137 Å². The Kier molecular flexibility index (Phi) is 7.20. The number of ether oxygens (including phenoxy) is 1. The number of carbonyl (C=O) groups excluding carboxylic acids is 1. The minimum atomic E-state index is -0.0729. The number of hydrogen-bond donors (Lipinski definition) is 1. The van der Waals surface area contributed by atoms with Crippen LogP contribution in [0.3, 0.4) is 0 Å². The van der Waals surface area contributed by atoms with Gasteiger partial charge in [0.05, 0.1) is 25.7 Å². The molecule has 1 aromatic carbocycles. The molecule has 0 aliphatic heterocycles. The van der Waals surface area contributed by atoms with Gasteiger partial charge in [0.1, 0.15) is 0 Å². The Morgan fingerprint density at radius 1 is 1.22 bits per heavy atom. The fourth-order valence-electron chi connectivity index (χ4n) is 2.30. The topological polar surface area (TPSA) is 54.7 Å². The molecule has 0 radical (unpaired) electrons. The lowest BCUT2D eigenvalue weighted by Gasteiger charge is -2.22. The summed E-state index contributed by atoms with van der Waals surface area (Å²) < 4.78 is 10.1. The molecule has 124 valence electrons. The Hall–Kier alpha value is -2.27. The van der Waals surface area contributed by atoms with E-state index in [4.69, 9.17) is 9.15 Å². The van der Waals surface area contributed by atoms with Crippen LogP contribution in [0.15, 0.2) is 53.3 Å². The van der Waals surface area contributed by atoms with E-state index in [0.29, 0.717) is 26.2 Å². The number of furan rings is 1. The zero-order chi connectivity index (χ0) is 16.3. The first kappa shape index (κ1) is 17.1. The number of urea groups is 1. The quantitative estimate of drug-likeness (QED) is 0.723. The zero-order valence-corrected chi connectivity index (χ0v) is 13.5.